The predicted octanol–water partition coefficient (Wildman–Crippen LogP) is 4.38. The summed E-state index contributed by atoms with van der Waals surface area (Å²) in [5.41, 5.74) is 1.67. The van der Waals surface area contributed by atoms with E-state index in [0.29, 0.717) is 17.0 Å². The van der Waals surface area contributed by atoms with Crippen molar-refractivity contribution in [2.24, 2.45) is 0 Å². The van der Waals surface area contributed by atoms with Gasteiger partial charge in [-0.3, -0.25) is 0 Å². The number of likely N-dealkylation sites (N-methyl/N-ethyl adjacent to an activating group) is 1. The molecule has 1 atom stereocenters. The van der Waals surface area contributed by atoms with Crippen molar-refractivity contribution in [2.75, 3.05) is 13.7 Å². The maximum Gasteiger partial charge on any atom is 0.168 e. The summed E-state index contributed by atoms with van der Waals surface area (Å²) in [6.45, 7) is 2.82. The lowest BCUT2D eigenvalue weighted by atomic mass is 9.98. The lowest BCUT2D eigenvalue weighted by molar-refractivity contribution is 0.382. The molecule has 0 aliphatic heterocycles. The zero-order valence-electron chi connectivity index (χ0n) is 12.2. The summed E-state index contributed by atoms with van der Waals surface area (Å²) in [6, 6.07) is 12.9. The van der Waals surface area contributed by atoms with Crippen LogP contribution >= 0.6 is 11.6 Å². The van der Waals surface area contributed by atoms with Crippen LogP contribution in [0.15, 0.2) is 42.5 Å². The fourth-order valence-electron chi connectivity index (χ4n) is 2.37. The molecule has 2 nitrogen and oxygen atoms in total. The summed E-state index contributed by atoms with van der Waals surface area (Å²) < 4.78 is 19.3. The maximum absolute atomic E-state index is 14.3. The van der Waals surface area contributed by atoms with E-state index in [1.54, 1.807) is 18.2 Å². The summed E-state index contributed by atoms with van der Waals surface area (Å²) in [5.74, 6) is -0.0289. The quantitative estimate of drug-likeness (QED) is 0.855. The first-order valence-corrected chi connectivity index (χ1v) is 7.33. The molecule has 2 aromatic carbocycles. The summed E-state index contributed by atoms with van der Waals surface area (Å²) in [5, 5.41) is 4.06. The molecule has 0 saturated heterocycles. The van der Waals surface area contributed by atoms with Crippen LogP contribution < -0.4 is 10.1 Å². The van der Waals surface area contributed by atoms with Crippen LogP contribution in [0.5, 0.6) is 5.75 Å². The molecular weight excluding hydrogens is 289 g/mol. The number of rotatable bonds is 6. The predicted molar refractivity (Wildman–Crippen MR) is 84.5 cm³/mol. The Morgan fingerprint density at radius 1 is 1.24 bits per heavy atom. The van der Waals surface area contributed by atoms with Crippen molar-refractivity contribution < 1.29 is 9.13 Å². The van der Waals surface area contributed by atoms with Crippen molar-refractivity contribution in [1.82, 2.24) is 5.32 Å². The molecule has 0 aliphatic carbocycles. The molecule has 0 amide bonds. The Morgan fingerprint density at radius 2 is 2.00 bits per heavy atom. The molecule has 112 valence electrons. The Hall–Kier alpha value is -1.58. The normalized spacial score (nSPS) is 12.2. The largest absolute Gasteiger partial charge is 0.494 e. The second-order valence-corrected chi connectivity index (χ2v) is 5.24. The van der Waals surface area contributed by atoms with Crippen molar-refractivity contribution >= 4 is 11.6 Å². The SMILES string of the molecule is CCNC(Cc1cccc(OC)c1F)c1cccc(Cl)c1. The highest BCUT2D eigenvalue weighted by Crippen LogP contribution is 2.26. The molecule has 0 aliphatic rings. The molecule has 1 N–H and O–H groups in total. The number of nitrogens with one attached hydrogen (secondary N) is 1. The minimum atomic E-state index is -0.301. The van der Waals surface area contributed by atoms with Gasteiger partial charge in [-0.1, -0.05) is 42.8 Å². The number of hydrogen-bond donors (Lipinski definition) is 1. The monoisotopic (exact) mass is 307 g/mol. The van der Waals surface area contributed by atoms with Gasteiger partial charge in [0.1, 0.15) is 0 Å². The van der Waals surface area contributed by atoms with Gasteiger partial charge in [-0.25, -0.2) is 4.39 Å². The Bertz CT molecular complexity index is 603. The highest BCUT2D eigenvalue weighted by atomic mass is 35.5. The van der Waals surface area contributed by atoms with E-state index in [1.807, 2.05) is 31.2 Å². The number of halogens is 2. The van der Waals surface area contributed by atoms with Crippen LogP contribution in [-0.2, 0) is 6.42 Å². The van der Waals surface area contributed by atoms with Crippen LogP contribution in [0.25, 0.3) is 0 Å². The molecule has 0 bridgehead atoms. The van der Waals surface area contributed by atoms with Crippen molar-refractivity contribution in [3.63, 3.8) is 0 Å². The van der Waals surface area contributed by atoms with Gasteiger partial charge in [0.15, 0.2) is 11.6 Å². The van der Waals surface area contributed by atoms with E-state index >= 15 is 0 Å². The lowest BCUT2D eigenvalue weighted by Gasteiger charge is -2.19. The van der Waals surface area contributed by atoms with Gasteiger partial charge in [0.05, 0.1) is 7.11 Å². The molecule has 21 heavy (non-hydrogen) atoms. The summed E-state index contributed by atoms with van der Waals surface area (Å²) in [7, 11) is 1.47. The third-order valence-electron chi connectivity index (χ3n) is 3.39. The second-order valence-electron chi connectivity index (χ2n) is 4.80. The minimum Gasteiger partial charge on any atom is -0.494 e. The standard InChI is InChI=1S/C17H19ClFNO/c1-3-20-15(12-6-4-8-14(18)10-12)11-13-7-5-9-16(21-2)17(13)19/h4-10,15,20H,3,11H2,1-2H3. The molecule has 0 aromatic heterocycles. The molecule has 0 radical (unpaired) electrons. The zero-order valence-corrected chi connectivity index (χ0v) is 13.0. The van der Waals surface area contributed by atoms with E-state index in [0.717, 1.165) is 12.1 Å². The molecule has 2 aromatic rings. The highest BCUT2D eigenvalue weighted by molar-refractivity contribution is 6.30. The Morgan fingerprint density at radius 3 is 2.67 bits per heavy atom. The van der Waals surface area contributed by atoms with Crippen LogP contribution in [0.4, 0.5) is 4.39 Å². The van der Waals surface area contributed by atoms with Gasteiger partial charge in [0.2, 0.25) is 0 Å². The zero-order chi connectivity index (χ0) is 15.2. The van der Waals surface area contributed by atoms with Crippen molar-refractivity contribution in [3.8, 4) is 5.75 Å². The number of methoxy groups -OCH3 is 1. The van der Waals surface area contributed by atoms with Gasteiger partial charge < -0.3 is 10.1 Å². The molecule has 4 heteroatoms. The van der Waals surface area contributed by atoms with Crippen LogP contribution in [0, 0.1) is 5.82 Å². The molecule has 0 spiro atoms. The molecule has 1 unspecified atom stereocenters. The first-order chi connectivity index (χ1) is 10.2. The van der Waals surface area contributed by atoms with E-state index in [-0.39, 0.29) is 17.6 Å². The fraction of sp³-hybridized carbons (Fsp3) is 0.294. The van der Waals surface area contributed by atoms with E-state index in [4.69, 9.17) is 16.3 Å². The van der Waals surface area contributed by atoms with Gasteiger partial charge in [0, 0.05) is 11.1 Å². The molecule has 2 rings (SSSR count). The molecular formula is C17H19ClFNO. The Balaban J connectivity index is 2.28. The van der Waals surface area contributed by atoms with Crippen LogP contribution in [0.1, 0.15) is 24.1 Å². The third kappa shape index (κ3) is 3.96. The van der Waals surface area contributed by atoms with Gasteiger partial charge in [-0.2, -0.15) is 0 Å². The van der Waals surface area contributed by atoms with E-state index in [2.05, 4.69) is 5.32 Å². The average Bonchev–Trinajstić information content (AvgIpc) is 2.48. The van der Waals surface area contributed by atoms with Crippen LogP contribution in [0.3, 0.4) is 0 Å². The third-order valence-corrected chi connectivity index (χ3v) is 3.62. The lowest BCUT2D eigenvalue weighted by Crippen LogP contribution is -2.23. The second kappa shape index (κ2) is 7.43. The van der Waals surface area contributed by atoms with Gasteiger partial charge in [-0.15, -0.1) is 0 Å². The van der Waals surface area contributed by atoms with Crippen LogP contribution in [-0.4, -0.2) is 13.7 Å². The molecule has 0 heterocycles. The Labute approximate surface area is 129 Å². The first-order valence-electron chi connectivity index (χ1n) is 6.96. The number of benzene rings is 2. The maximum atomic E-state index is 14.3. The van der Waals surface area contributed by atoms with Crippen molar-refractivity contribution in [1.29, 1.82) is 0 Å². The molecule has 0 fully saturated rings. The minimum absolute atomic E-state index is 0.00954. The van der Waals surface area contributed by atoms with Gasteiger partial charge >= 0.3 is 0 Å². The number of ether oxygens (including phenoxy) is 1. The van der Waals surface area contributed by atoms with Gasteiger partial charge in [-0.05, 0) is 42.3 Å². The highest BCUT2D eigenvalue weighted by Gasteiger charge is 2.16. The van der Waals surface area contributed by atoms with Gasteiger partial charge in [0.25, 0.3) is 0 Å². The van der Waals surface area contributed by atoms with Crippen molar-refractivity contribution in [2.45, 2.75) is 19.4 Å². The Kier molecular flexibility index (Phi) is 5.59. The van der Waals surface area contributed by atoms with E-state index in [9.17, 15) is 4.39 Å². The summed E-state index contributed by atoms with van der Waals surface area (Å²) in [6.07, 6.45) is 0.539. The topological polar surface area (TPSA) is 21.3 Å². The van der Waals surface area contributed by atoms with Crippen LogP contribution in [0.2, 0.25) is 5.02 Å². The van der Waals surface area contributed by atoms with E-state index < -0.39 is 0 Å². The van der Waals surface area contributed by atoms with Crippen molar-refractivity contribution in [3.05, 3.63) is 64.4 Å². The van der Waals surface area contributed by atoms with E-state index in [1.165, 1.54) is 7.11 Å². The first kappa shape index (κ1) is 15.8. The summed E-state index contributed by atoms with van der Waals surface area (Å²) >= 11 is 6.05. The summed E-state index contributed by atoms with van der Waals surface area (Å²) in [4.78, 5) is 0. The fourth-order valence-corrected chi connectivity index (χ4v) is 2.57. The number of hydrogen-bond acceptors (Lipinski definition) is 2. The molecule has 0 saturated carbocycles. The smallest absolute Gasteiger partial charge is 0.168 e. The average molecular weight is 308 g/mol.